The molecule has 0 aliphatic carbocycles. The van der Waals surface area contributed by atoms with Gasteiger partial charge in [0.2, 0.25) is 0 Å². The second kappa shape index (κ2) is 11.1. The Morgan fingerprint density at radius 1 is 0.730 bits per heavy atom. The maximum absolute atomic E-state index is 14.6. The Bertz CT molecular complexity index is 1260. The normalized spacial score (nSPS) is 11.8. The standard InChI is InChI=1S/C26H19F8NO2/c1-2-3-4-5-15-10-22(29)24(23(30)11-15)26(33,34)36-17-8-6-16(7-9-17)25(31,32)37-18-12-20(27)19(14-35)21(28)13-18/h6-13H,2-5H2,1H3. The molecule has 3 nitrogen and oxygen atoms in total. The lowest BCUT2D eigenvalue weighted by molar-refractivity contribution is -0.190. The molecule has 0 heterocycles. The first-order valence-electron chi connectivity index (χ1n) is 11.0. The summed E-state index contributed by atoms with van der Waals surface area (Å²) in [4.78, 5) is 0. The van der Waals surface area contributed by atoms with Crippen LogP contribution < -0.4 is 9.47 Å². The topological polar surface area (TPSA) is 42.2 Å². The number of hydrogen-bond donors (Lipinski definition) is 0. The van der Waals surface area contributed by atoms with Crippen LogP contribution in [0.4, 0.5) is 35.1 Å². The predicted molar refractivity (Wildman–Crippen MR) is 116 cm³/mol. The minimum atomic E-state index is -4.48. The monoisotopic (exact) mass is 529 g/mol. The number of aryl methyl sites for hydroxylation is 1. The number of ether oxygens (including phenoxy) is 2. The van der Waals surface area contributed by atoms with E-state index in [1.807, 2.05) is 6.92 Å². The summed E-state index contributed by atoms with van der Waals surface area (Å²) in [5.74, 6) is -7.52. The average molecular weight is 529 g/mol. The molecule has 3 aromatic rings. The predicted octanol–water partition coefficient (Wildman–Crippen LogP) is 8.10. The van der Waals surface area contributed by atoms with Gasteiger partial charge in [0.05, 0.1) is 5.56 Å². The van der Waals surface area contributed by atoms with Gasteiger partial charge in [-0.1, -0.05) is 19.8 Å². The Balaban J connectivity index is 1.77. The van der Waals surface area contributed by atoms with Crippen molar-refractivity contribution in [2.75, 3.05) is 0 Å². The highest BCUT2D eigenvalue weighted by Gasteiger charge is 2.41. The Morgan fingerprint density at radius 3 is 1.78 bits per heavy atom. The molecule has 196 valence electrons. The molecule has 0 saturated heterocycles. The second-order valence-corrected chi connectivity index (χ2v) is 8.03. The average Bonchev–Trinajstić information content (AvgIpc) is 2.78. The van der Waals surface area contributed by atoms with Gasteiger partial charge in [0.15, 0.2) is 0 Å². The third kappa shape index (κ3) is 6.50. The summed E-state index contributed by atoms with van der Waals surface area (Å²) in [6.45, 7) is 1.93. The van der Waals surface area contributed by atoms with Crippen LogP contribution in [0.5, 0.6) is 11.5 Å². The van der Waals surface area contributed by atoms with Crippen molar-refractivity contribution in [3.8, 4) is 17.6 Å². The van der Waals surface area contributed by atoms with Gasteiger partial charge in [0, 0.05) is 12.1 Å². The molecule has 0 N–H and O–H groups in total. The molecule has 0 spiro atoms. The number of unbranched alkanes of at least 4 members (excludes halogenated alkanes) is 2. The first-order chi connectivity index (χ1) is 17.4. The van der Waals surface area contributed by atoms with Crippen LogP contribution in [0, 0.1) is 34.6 Å². The fourth-order valence-corrected chi connectivity index (χ4v) is 3.47. The van der Waals surface area contributed by atoms with Crippen molar-refractivity contribution < 1.29 is 44.6 Å². The first-order valence-corrected chi connectivity index (χ1v) is 11.0. The van der Waals surface area contributed by atoms with Gasteiger partial charge in [0.25, 0.3) is 0 Å². The maximum atomic E-state index is 14.6. The Hall–Kier alpha value is -3.81. The van der Waals surface area contributed by atoms with Crippen LogP contribution in [0.2, 0.25) is 0 Å². The summed E-state index contributed by atoms with van der Waals surface area (Å²) in [7, 11) is 0. The molecule has 0 unspecified atom stereocenters. The van der Waals surface area contributed by atoms with E-state index in [0.29, 0.717) is 49.2 Å². The van der Waals surface area contributed by atoms with Crippen LogP contribution in [0.3, 0.4) is 0 Å². The Labute approximate surface area is 206 Å². The molecule has 0 aromatic heterocycles. The second-order valence-electron chi connectivity index (χ2n) is 8.03. The summed E-state index contributed by atoms with van der Waals surface area (Å²) >= 11 is 0. The van der Waals surface area contributed by atoms with Gasteiger partial charge >= 0.3 is 12.2 Å². The third-order valence-corrected chi connectivity index (χ3v) is 5.27. The zero-order valence-electron chi connectivity index (χ0n) is 19.2. The maximum Gasteiger partial charge on any atom is 0.432 e. The molecule has 37 heavy (non-hydrogen) atoms. The fraction of sp³-hybridized carbons (Fsp3) is 0.269. The van der Waals surface area contributed by atoms with Crippen LogP contribution in [-0.2, 0) is 18.6 Å². The van der Waals surface area contributed by atoms with Gasteiger partial charge < -0.3 is 9.47 Å². The number of alkyl halides is 4. The van der Waals surface area contributed by atoms with E-state index in [0.717, 1.165) is 25.0 Å². The fourth-order valence-electron chi connectivity index (χ4n) is 3.47. The van der Waals surface area contributed by atoms with E-state index in [1.165, 1.54) is 6.07 Å². The molecule has 0 amide bonds. The summed E-state index contributed by atoms with van der Waals surface area (Å²) in [6.07, 6.45) is -6.08. The highest BCUT2D eigenvalue weighted by atomic mass is 19.3. The van der Waals surface area contributed by atoms with Crippen LogP contribution in [0.1, 0.15) is 48.4 Å². The van der Waals surface area contributed by atoms with Crippen molar-refractivity contribution in [3.05, 3.63) is 94.1 Å². The van der Waals surface area contributed by atoms with E-state index < -0.39 is 63.7 Å². The van der Waals surface area contributed by atoms with Crippen LogP contribution in [-0.4, -0.2) is 0 Å². The lowest BCUT2D eigenvalue weighted by atomic mass is 10.0. The summed E-state index contributed by atoms with van der Waals surface area (Å²) in [5, 5.41) is 8.64. The van der Waals surface area contributed by atoms with Crippen molar-refractivity contribution in [2.45, 2.75) is 44.8 Å². The Kier molecular flexibility index (Phi) is 8.31. The number of halogens is 8. The lowest BCUT2D eigenvalue weighted by Gasteiger charge is -2.21. The largest absolute Gasteiger partial charge is 0.432 e. The molecule has 0 aliphatic heterocycles. The summed E-state index contributed by atoms with van der Waals surface area (Å²) in [6, 6.07) is 6.16. The van der Waals surface area contributed by atoms with E-state index in [9.17, 15) is 35.1 Å². The number of nitriles is 1. The zero-order chi connectivity index (χ0) is 27.4. The molecule has 0 aliphatic rings. The third-order valence-electron chi connectivity index (χ3n) is 5.27. The molecular formula is C26H19F8NO2. The van der Waals surface area contributed by atoms with Crippen molar-refractivity contribution in [2.24, 2.45) is 0 Å². The van der Waals surface area contributed by atoms with Crippen molar-refractivity contribution in [1.82, 2.24) is 0 Å². The van der Waals surface area contributed by atoms with Gasteiger partial charge in [-0.05, 0) is 54.8 Å². The zero-order valence-corrected chi connectivity index (χ0v) is 19.2. The van der Waals surface area contributed by atoms with E-state index in [-0.39, 0.29) is 5.56 Å². The molecule has 11 heteroatoms. The SMILES string of the molecule is CCCCCc1cc(F)c(C(F)(F)Oc2ccc(C(F)(F)Oc3cc(F)c(C#N)c(F)c3)cc2)c(F)c1. The first kappa shape index (κ1) is 27.8. The molecule has 0 atom stereocenters. The van der Waals surface area contributed by atoms with Crippen molar-refractivity contribution >= 4 is 0 Å². The minimum absolute atomic E-state index is 0.205. The van der Waals surface area contributed by atoms with E-state index >= 15 is 0 Å². The van der Waals surface area contributed by atoms with Gasteiger partial charge in [-0.2, -0.15) is 22.8 Å². The highest BCUT2D eigenvalue weighted by Crippen LogP contribution is 2.38. The lowest BCUT2D eigenvalue weighted by Crippen LogP contribution is -2.26. The smallest absolute Gasteiger partial charge is 0.429 e. The molecule has 0 saturated carbocycles. The molecule has 3 rings (SSSR count). The summed E-state index contributed by atoms with van der Waals surface area (Å²) < 4.78 is 123. The Morgan fingerprint density at radius 2 is 1.27 bits per heavy atom. The van der Waals surface area contributed by atoms with Crippen molar-refractivity contribution in [3.63, 3.8) is 0 Å². The molecule has 0 fully saturated rings. The van der Waals surface area contributed by atoms with E-state index in [2.05, 4.69) is 9.47 Å². The van der Waals surface area contributed by atoms with Gasteiger partial charge in [0.1, 0.15) is 52.0 Å². The van der Waals surface area contributed by atoms with Crippen LogP contribution in [0.25, 0.3) is 0 Å². The molecule has 0 bridgehead atoms. The van der Waals surface area contributed by atoms with Crippen LogP contribution >= 0.6 is 0 Å². The summed E-state index contributed by atoms with van der Waals surface area (Å²) in [5.41, 5.74) is -3.33. The number of nitrogens with zero attached hydrogens (tertiary/aromatic N) is 1. The molecule has 0 radical (unpaired) electrons. The number of rotatable bonds is 10. The van der Waals surface area contributed by atoms with Gasteiger partial charge in [-0.25, -0.2) is 17.6 Å². The minimum Gasteiger partial charge on any atom is -0.429 e. The van der Waals surface area contributed by atoms with E-state index in [4.69, 9.17) is 5.26 Å². The highest BCUT2D eigenvalue weighted by molar-refractivity contribution is 5.39. The van der Waals surface area contributed by atoms with Crippen molar-refractivity contribution in [1.29, 1.82) is 5.26 Å². The van der Waals surface area contributed by atoms with Gasteiger partial charge in [-0.3, -0.25) is 0 Å². The van der Waals surface area contributed by atoms with Crippen LogP contribution in [0.15, 0.2) is 48.5 Å². The number of hydrogen-bond acceptors (Lipinski definition) is 3. The molecular weight excluding hydrogens is 510 g/mol. The number of benzene rings is 3. The van der Waals surface area contributed by atoms with Gasteiger partial charge in [-0.15, -0.1) is 0 Å². The molecule has 3 aromatic carbocycles. The quantitative estimate of drug-likeness (QED) is 0.197. The van der Waals surface area contributed by atoms with E-state index in [1.54, 1.807) is 0 Å².